The van der Waals surface area contributed by atoms with Crippen molar-refractivity contribution in [3.05, 3.63) is 71.6 Å². The Hall–Kier alpha value is -2.75. The SMILES string of the molecule is CCOC(=O)/C(=C\c1cccnc1)C(=O)c1ccccc1. The van der Waals surface area contributed by atoms with Crippen LogP contribution in [0.15, 0.2) is 60.4 Å². The summed E-state index contributed by atoms with van der Waals surface area (Å²) in [5.74, 6) is -0.992. The van der Waals surface area contributed by atoms with E-state index in [4.69, 9.17) is 4.74 Å². The van der Waals surface area contributed by atoms with Crippen LogP contribution in [-0.2, 0) is 9.53 Å². The van der Waals surface area contributed by atoms with Gasteiger partial charge in [0.05, 0.1) is 6.61 Å². The number of hydrogen-bond donors (Lipinski definition) is 0. The summed E-state index contributed by atoms with van der Waals surface area (Å²) in [6.45, 7) is 1.91. The number of benzene rings is 1. The van der Waals surface area contributed by atoms with Crippen LogP contribution in [0.4, 0.5) is 0 Å². The van der Waals surface area contributed by atoms with Crippen molar-refractivity contribution in [1.29, 1.82) is 0 Å². The first-order chi connectivity index (χ1) is 10.2. The lowest BCUT2D eigenvalue weighted by atomic mass is 10.0. The number of hydrogen-bond acceptors (Lipinski definition) is 4. The molecule has 1 aromatic heterocycles. The summed E-state index contributed by atoms with van der Waals surface area (Å²) in [5.41, 5.74) is 1.11. The molecule has 106 valence electrons. The Kier molecular flexibility index (Phi) is 4.99. The van der Waals surface area contributed by atoms with E-state index in [9.17, 15) is 9.59 Å². The molecule has 0 aliphatic carbocycles. The van der Waals surface area contributed by atoms with Crippen LogP contribution in [0.25, 0.3) is 6.08 Å². The van der Waals surface area contributed by atoms with Crippen molar-refractivity contribution >= 4 is 17.8 Å². The lowest BCUT2D eigenvalue weighted by molar-refractivity contribution is -0.137. The van der Waals surface area contributed by atoms with Crippen molar-refractivity contribution < 1.29 is 14.3 Å². The predicted molar refractivity (Wildman–Crippen MR) is 79.6 cm³/mol. The molecule has 0 radical (unpaired) electrons. The first-order valence-electron chi connectivity index (χ1n) is 6.61. The molecule has 0 bridgehead atoms. The topological polar surface area (TPSA) is 56.3 Å². The molecule has 21 heavy (non-hydrogen) atoms. The molecule has 0 fully saturated rings. The second kappa shape index (κ2) is 7.14. The summed E-state index contributed by atoms with van der Waals surface area (Å²) in [5, 5.41) is 0. The van der Waals surface area contributed by atoms with Crippen LogP contribution < -0.4 is 0 Å². The average Bonchev–Trinajstić information content (AvgIpc) is 2.54. The highest BCUT2D eigenvalue weighted by atomic mass is 16.5. The lowest BCUT2D eigenvalue weighted by Crippen LogP contribution is -2.16. The zero-order chi connectivity index (χ0) is 15.1. The number of Topliss-reactive ketones (excluding diaryl/α,β-unsaturated/α-hetero) is 1. The summed E-state index contributed by atoms with van der Waals surface area (Å²) in [7, 11) is 0. The highest BCUT2D eigenvalue weighted by molar-refractivity contribution is 6.26. The normalized spacial score (nSPS) is 11.0. The molecule has 0 N–H and O–H groups in total. The van der Waals surface area contributed by atoms with E-state index in [2.05, 4.69) is 4.98 Å². The molecule has 0 saturated heterocycles. The Morgan fingerprint density at radius 3 is 2.52 bits per heavy atom. The van der Waals surface area contributed by atoms with E-state index in [1.165, 1.54) is 6.08 Å². The maximum atomic E-state index is 12.5. The molecule has 0 amide bonds. The molecule has 0 saturated carbocycles. The quantitative estimate of drug-likeness (QED) is 0.278. The van der Waals surface area contributed by atoms with Gasteiger partial charge in [0, 0.05) is 18.0 Å². The van der Waals surface area contributed by atoms with Crippen LogP contribution in [0.3, 0.4) is 0 Å². The van der Waals surface area contributed by atoms with Gasteiger partial charge in [0.1, 0.15) is 5.57 Å². The van der Waals surface area contributed by atoms with Gasteiger partial charge in [0.25, 0.3) is 0 Å². The van der Waals surface area contributed by atoms with E-state index in [0.29, 0.717) is 11.1 Å². The zero-order valence-corrected chi connectivity index (χ0v) is 11.7. The molecule has 0 spiro atoms. The van der Waals surface area contributed by atoms with Crippen molar-refractivity contribution in [1.82, 2.24) is 4.98 Å². The van der Waals surface area contributed by atoms with E-state index in [-0.39, 0.29) is 18.0 Å². The smallest absolute Gasteiger partial charge is 0.342 e. The lowest BCUT2D eigenvalue weighted by Gasteiger charge is -2.06. The predicted octanol–water partition coefficient (Wildman–Crippen LogP) is 2.91. The summed E-state index contributed by atoms with van der Waals surface area (Å²) in [6, 6.07) is 12.1. The minimum absolute atomic E-state index is 0.00366. The third-order valence-electron chi connectivity index (χ3n) is 2.77. The second-order valence-electron chi connectivity index (χ2n) is 4.26. The van der Waals surface area contributed by atoms with Gasteiger partial charge in [-0.25, -0.2) is 4.79 Å². The van der Waals surface area contributed by atoms with Gasteiger partial charge in [0.2, 0.25) is 0 Å². The van der Waals surface area contributed by atoms with Gasteiger partial charge in [-0.05, 0) is 24.6 Å². The number of pyridine rings is 1. The number of esters is 1. The van der Waals surface area contributed by atoms with E-state index in [1.54, 1.807) is 55.7 Å². The number of aromatic nitrogens is 1. The number of carbonyl (C=O) groups is 2. The van der Waals surface area contributed by atoms with Crippen LogP contribution >= 0.6 is 0 Å². The van der Waals surface area contributed by atoms with Crippen molar-refractivity contribution in [2.45, 2.75) is 6.92 Å². The fourth-order valence-corrected chi connectivity index (χ4v) is 1.80. The van der Waals surface area contributed by atoms with Crippen LogP contribution in [0, 0.1) is 0 Å². The Morgan fingerprint density at radius 2 is 1.90 bits per heavy atom. The number of carbonyl (C=O) groups excluding carboxylic acids is 2. The molecule has 4 nitrogen and oxygen atoms in total. The third kappa shape index (κ3) is 3.86. The van der Waals surface area contributed by atoms with Gasteiger partial charge in [-0.3, -0.25) is 9.78 Å². The van der Waals surface area contributed by atoms with Gasteiger partial charge in [-0.2, -0.15) is 0 Å². The first kappa shape index (κ1) is 14.7. The summed E-state index contributed by atoms with van der Waals surface area (Å²) in [6.07, 6.45) is 4.71. The molecule has 0 atom stereocenters. The highest BCUT2D eigenvalue weighted by Crippen LogP contribution is 2.14. The molecule has 0 aliphatic heterocycles. The summed E-state index contributed by atoms with van der Waals surface area (Å²) >= 11 is 0. The summed E-state index contributed by atoms with van der Waals surface area (Å²) in [4.78, 5) is 28.5. The Morgan fingerprint density at radius 1 is 1.14 bits per heavy atom. The van der Waals surface area contributed by atoms with E-state index in [0.717, 1.165) is 0 Å². The van der Waals surface area contributed by atoms with Crippen molar-refractivity contribution in [2.75, 3.05) is 6.61 Å². The van der Waals surface area contributed by atoms with Gasteiger partial charge >= 0.3 is 5.97 Å². The minimum atomic E-state index is -0.629. The van der Waals surface area contributed by atoms with Crippen molar-refractivity contribution in [3.63, 3.8) is 0 Å². The molecule has 0 aliphatic rings. The Labute approximate surface area is 123 Å². The van der Waals surface area contributed by atoms with Crippen molar-refractivity contribution in [2.24, 2.45) is 0 Å². The highest BCUT2D eigenvalue weighted by Gasteiger charge is 2.20. The van der Waals surface area contributed by atoms with Gasteiger partial charge in [-0.1, -0.05) is 36.4 Å². The fourth-order valence-electron chi connectivity index (χ4n) is 1.80. The number of rotatable bonds is 5. The average molecular weight is 281 g/mol. The molecule has 2 aromatic rings. The Balaban J connectivity index is 2.40. The number of ketones is 1. The third-order valence-corrected chi connectivity index (χ3v) is 2.77. The maximum Gasteiger partial charge on any atom is 0.342 e. The molecule has 1 heterocycles. The standard InChI is InChI=1S/C17H15NO3/c1-2-21-17(20)15(11-13-7-6-10-18-12-13)16(19)14-8-4-3-5-9-14/h3-12H,2H2,1H3/b15-11-. The monoisotopic (exact) mass is 281 g/mol. The zero-order valence-electron chi connectivity index (χ0n) is 11.7. The maximum absolute atomic E-state index is 12.5. The number of nitrogens with zero attached hydrogens (tertiary/aromatic N) is 1. The van der Waals surface area contributed by atoms with Crippen molar-refractivity contribution in [3.8, 4) is 0 Å². The molecular formula is C17H15NO3. The number of ether oxygens (including phenoxy) is 1. The van der Waals surface area contributed by atoms with Crippen LogP contribution in [-0.4, -0.2) is 23.3 Å². The van der Waals surface area contributed by atoms with Crippen LogP contribution in [0.2, 0.25) is 0 Å². The Bertz CT molecular complexity index is 648. The molecule has 1 aromatic carbocycles. The van der Waals surface area contributed by atoms with Crippen LogP contribution in [0.5, 0.6) is 0 Å². The molecule has 4 heteroatoms. The molecular weight excluding hydrogens is 266 g/mol. The molecule has 2 rings (SSSR count). The summed E-state index contributed by atoms with van der Waals surface area (Å²) < 4.78 is 4.97. The van der Waals surface area contributed by atoms with Gasteiger partial charge < -0.3 is 4.74 Å². The van der Waals surface area contributed by atoms with E-state index in [1.807, 2.05) is 6.07 Å². The fraction of sp³-hybridized carbons (Fsp3) is 0.118. The minimum Gasteiger partial charge on any atom is -0.462 e. The molecule has 0 unspecified atom stereocenters. The van der Waals surface area contributed by atoms with Crippen LogP contribution in [0.1, 0.15) is 22.8 Å². The van der Waals surface area contributed by atoms with E-state index < -0.39 is 5.97 Å². The van der Waals surface area contributed by atoms with Gasteiger partial charge in [-0.15, -0.1) is 0 Å². The first-order valence-corrected chi connectivity index (χ1v) is 6.61. The second-order valence-corrected chi connectivity index (χ2v) is 4.26. The van der Waals surface area contributed by atoms with Gasteiger partial charge in [0.15, 0.2) is 5.78 Å². The largest absolute Gasteiger partial charge is 0.462 e. The van der Waals surface area contributed by atoms with E-state index >= 15 is 0 Å².